The van der Waals surface area contributed by atoms with Gasteiger partial charge in [-0.3, -0.25) is 4.79 Å². The summed E-state index contributed by atoms with van der Waals surface area (Å²) in [5, 5.41) is 3.18. The Morgan fingerprint density at radius 1 is 1.65 bits per heavy atom. The minimum Gasteiger partial charge on any atom is -0.379 e. The molecule has 17 heavy (non-hydrogen) atoms. The molecule has 0 aromatic heterocycles. The Labute approximate surface area is 103 Å². The largest absolute Gasteiger partial charge is 0.379 e. The highest BCUT2D eigenvalue weighted by Gasteiger charge is 2.30. The van der Waals surface area contributed by atoms with Crippen LogP contribution in [0.4, 0.5) is 0 Å². The molecule has 0 saturated carbocycles. The third-order valence-electron chi connectivity index (χ3n) is 3.15. The number of carbonyl (C=O) groups is 1. The molecule has 0 aromatic rings. The fraction of sp³-hybridized carbons (Fsp3) is 0.917. The summed E-state index contributed by atoms with van der Waals surface area (Å²) in [5.74, 6) is -0.322. The van der Waals surface area contributed by atoms with E-state index in [0.717, 1.165) is 26.0 Å². The summed E-state index contributed by atoms with van der Waals surface area (Å²) in [4.78, 5) is 11.4. The van der Waals surface area contributed by atoms with E-state index >= 15 is 0 Å². The van der Waals surface area contributed by atoms with Crippen molar-refractivity contribution >= 4 is 5.91 Å². The third-order valence-corrected chi connectivity index (χ3v) is 3.15. The minimum absolute atomic E-state index is 0.179. The van der Waals surface area contributed by atoms with Gasteiger partial charge in [-0.15, -0.1) is 0 Å². The molecule has 1 aliphatic heterocycles. The summed E-state index contributed by atoms with van der Waals surface area (Å²) < 4.78 is 10.9. The van der Waals surface area contributed by atoms with E-state index in [1.807, 2.05) is 6.92 Å². The van der Waals surface area contributed by atoms with Gasteiger partial charge in [0.15, 0.2) is 0 Å². The number of hydrogen-bond acceptors (Lipinski definition) is 4. The van der Waals surface area contributed by atoms with Crippen molar-refractivity contribution in [3.63, 3.8) is 0 Å². The maximum atomic E-state index is 11.4. The van der Waals surface area contributed by atoms with Crippen LogP contribution >= 0.6 is 0 Å². The first kappa shape index (κ1) is 14.4. The summed E-state index contributed by atoms with van der Waals surface area (Å²) in [7, 11) is 0. The molecule has 0 radical (unpaired) electrons. The molecule has 5 heteroatoms. The first-order valence-electron chi connectivity index (χ1n) is 6.33. The number of ether oxygens (including phenoxy) is 2. The fourth-order valence-electron chi connectivity index (χ4n) is 1.77. The zero-order valence-electron chi connectivity index (χ0n) is 10.8. The van der Waals surface area contributed by atoms with Crippen LogP contribution in [0.2, 0.25) is 0 Å². The van der Waals surface area contributed by atoms with Crippen LogP contribution in [0, 0.1) is 0 Å². The molecule has 5 nitrogen and oxygen atoms in total. The number of nitrogens with two attached hydrogens (primary N) is 1. The van der Waals surface area contributed by atoms with Gasteiger partial charge in [0.1, 0.15) is 0 Å². The van der Waals surface area contributed by atoms with Crippen LogP contribution in [0.5, 0.6) is 0 Å². The van der Waals surface area contributed by atoms with Crippen molar-refractivity contribution < 1.29 is 14.3 Å². The van der Waals surface area contributed by atoms with Gasteiger partial charge in [0, 0.05) is 13.2 Å². The molecular formula is C12H24N2O3. The molecule has 100 valence electrons. The molecular weight excluding hydrogens is 220 g/mol. The topological polar surface area (TPSA) is 73.6 Å². The van der Waals surface area contributed by atoms with Crippen molar-refractivity contribution in [2.45, 2.75) is 44.8 Å². The quantitative estimate of drug-likeness (QED) is 0.649. The van der Waals surface area contributed by atoms with E-state index in [1.165, 1.54) is 0 Å². The first-order valence-corrected chi connectivity index (χ1v) is 6.33. The van der Waals surface area contributed by atoms with E-state index in [9.17, 15) is 4.79 Å². The Hall–Kier alpha value is -0.650. The Morgan fingerprint density at radius 2 is 2.41 bits per heavy atom. The van der Waals surface area contributed by atoms with Crippen LogP contribution in [0.3, 0.4) is 0 Å². The number of rotatable bonds is 8. The van der Waals surface area contributed by atoms with Gasteiger partial charge in [0.2, 0.25) is 5.91 Å². The smallest absolute Gasteiger partial charge is 0.237 e. The highest BCUT2D eigenvalue weighted by molar-refractivity contribution is 5.84. The van der Waals surface area contributed by atoms with Gasteiger partial charge in [-0.05, 0) is 32.7 Å². The lowest BCUT2D eigenvalue weighted by atomic mass is 9.97. The van der Waals surface area contributed by atoms with Crippen LogP contribution < -0.4 is 11.1 Å². The lowest BCUT2D eigenvalue weighted by Gasteiger charge is -2.27. The maximum Gasteiger partial charge on any atom is 0.237 e. The van der Waals surface area contributed by atoms with Gasteiger partial charge in [0.25, 0.3) is 0 Å². The zero-order chi connectivity index (χ0) is 12.7. The van der Waals surface area contributed by atoms with Crippen molar-refractivity contribution in [1.29, 1.82) is 0 Å². The van der Waals surface area contributed by atoms with Crippen molar-refractivity contribution in [3.05, 3.63) is 0 Å². The number of nitrogens with one attached hydrogen (secondary N) is 1. The monoisotopic (exact) mass is 244 g/mol. The SMILES string of the molecule is CCCNC(C)(CCOC1CCOC1)C(N)=O. The summed E-state index contributed by atoms with van der Waals surface area (Å²) in [6.07, 6.45) is 2.69. The van der Waals surface area contributed by atoms with Crippen LogP contribution in [-0.2, 0) is 14.3 Å². The van der Waals surface area contributed by atoms with Crippen LogP contribution in [0.25, 0.3) is 0 Å². The molecule has 1 aliphatic rings. The van der Waals surface area contributed by atoms with Gasteiger partial charge >= 0.3 is 0 Å². The second-order valence-corrected chi connectivity index (χ2v) is 4.73. The van der Waals surface area contributed by atoms with Crippen molar-refractivity contribution in [2.75, 3.05) is 26.4 Å². The molecule has 0 aromatic carbocycles. The number of primary amides is 1. The van der Waals surface area contributed by atoms with Gasteiger partial charge in [0.05, 0.1) is 18.2 Å². The second kappa shape index (κ2) is 6.93. The zero-order valence-corrected chi connectivity index (χ0v) is 10.8. The Kier molecular flexibility index (Phi) is 5.88. The van der Waals surface area contributed by atoms with Crippen LogP contribution in [0.1, 0.15) is 33.1 Å². The van der Waals surface area contributed by atoms with E-state index in [-0.39, 0.29) is 12.0 Å². The molecule has 1 saturated heterocycles. The van der Waals surface area contributed by atoms with E-state index in [1.54, 1.807) is 0 Å². The van der Waals surface area contributed by atoms with Gasteiger partial charge in [-0.2, -0.15) is 0 Å². The molecule has 0 spiro atoms. The summed E-state index contributed by atoms with van der Waals surface area (Å²) in [6.45, 7) is 6.64. The highest BCUT2D eigenvalue weighted by Crippen LogP contribution is 2.13. The number of amides is 1. The minimum atomic E-state index is -0.671. The van der Waals surface area contributed by atoms with Gasteiger partial charge in [-0.1, -0.05) is 6.92 Å². The predicted octanol–water partition coefficient (Wildman–Crippen LogP) is 0.426. The molecule has 0 bridgehead atoms. The second-order valence-electron chi connectivity index (χ2n) is 4.73. The van der Waals surface area contributed by atoms with E-state index in [4.69, 9.17) is 15.2 Å². The van der Waals surface area contributed by atoms with Crippen molar-refractivity contribution in [3.8, 4) is 0 Å². The lowest BCUT2D eigenvalue weighted by Crippen LogP contribution is -2.54. The Morgan fingerprint density at radius 3 is 2.94 bits per heavy atom. The summed E-state index contributed by atoms with van der Waals surface area (Å²) in [5.41, 5.74) is 4.75. The molecule has 1 amide bonds. The molecule has 1 fully saturated rings. The molecule has 2 atom stereocenters. The average molecular weight is 244 g/mol. The molecule has 0 aliphatic carbocycles. The highest BCUT2D eigenvalue weighted by atomic mass is 16.5. The van der Waals surface area contributed by atoms with Crippen LogP contribution in [0.15, 0.2) is 0 Å². The Balaban J connectivity index is 2.30. The molecule has 3 N–H and O–H groups in total. The summed E-state index contributed by atoms with van der Waals surface area (Å²) >= 11 is 0. The standard InChI is InChI=1S/C12H24N2O3/c1-3-6-14-12(2,11(13)15)5-8-17-10-4-7-16-9-10/h10,14H,3-9H2,1-2H3,(H2,13,15). The van der Waals surface area contributed by atoms with Crippen LogP contribution in [-0.4, -0.2) is 43.9 Å². The van der Waals surface area contributed by atoms with E-state index < -0.39 is 5.54 Å². The number of carbonyl (C=O) groups excluding carboxylic acids is 1. The van der Waals surface area contributed by atoms with Gasteiger partial charge in [-0.25, -0.2) is 0 Å². The van der Waals surface area contributed by atoms with E-state index in [0.29, 0.717) is 19.6 Å². The Bertz CT molecular complexity index is 242. The summed E-state index contributed by atoms with van der Waals surface area (Å²) in [6, 6.07) is 0. The fourth-order valence-corrected chi connectivity index (χ4v) is 1.77. The third kappa shape index (κ3) is 4.61. The molecule has 1 rings (SSSR count). The molecule has 1 heterocycles. The average Bonchev–Trinajstić information content (AvgIpc) is 2.79. The number of hydrogen-bond donors (Lipinski definition) is 2. The molecule has 2 unspecified atom stereocenters. The normalized spacial score (nSPS) is 23.5. The lowest BCUT2D eigenvalue weighted by molar-refractivity contribution is -0.124. The predicted molar refractivity (Wildman–Crippen MR) is 65.7 cm³/mol. The maximum absolute atomic E-state index is 11.4. The van der Waals surface area contributed by atoms with E-state index in [2.05, 4.69) is 12.2 Å². The van der Waals surface area contributed by atoms with Gasteiger partial charge < -0.3 is 20.5 Å². The first-order chi connectivity index (χ1) is 8.08. The van der Waals surface area contributed by atoms with Crippen molar-refractivity contribution in [1.82, 2.24) is 5.32 Å². The van der Waals surface area contributed by atoms with Crippen molar-refractivity contribution in [2.24, 2.45) is 5.73 Å².